The molecule has 3 N–H and O–H groups in total. The monoisotopic (exact) mass is 336 g/mol. The SMILES string of the molecule is CC(Sc1nc(Cc2nc(-c3ncc[nH]3)no2)cs1)C(N)=O. The number of primary amides is 1. The average Bonchev–Trinajstić information content (AvgIpc) is 3.20. The van der Waals surface area contributed by atoms with E-state index < -0.39 is 0 Å². The number of thioether (sulfide) groups is 1. The van der Waals surface area contributed by atoms with Crippen molar-refractivity contribution in [1.29, 1.82) is 0 Å². The molecule has 3 heterocycles. The van der Waals surface area contributed by atoms with E-state index in [1.54, 1.807) is 19.3 Å². The van der Waals surface area contributed by atoms with Crippen LogP contribution in [-0.4, -0.2) is 36.2 Å². The van der Waals surface area contributed by atoms with Crippen LogP contribution in [0.1, 0.15) is 18.5 Å². The summed E-state index contributed by atoms with van der Waals surface area (Å²) in [6, 6.07) is 0. The maximum Gasteiger partial charge on any atom is 0.238 e. The number of nitrogens with zero attached hydrogens (tertiary/aromatic N) is 4. The normalized spacial score (nSPS) is 12.4. The van der Waals surface area contributed by atoms with Crippen LogP contribution < -0.4 is 5.73 Å². The lowest BCUT2D eigenvalue weighted by atomic mass is 10.3. The molecular weight excluding hydrogens is 324 g/mol. The largest absolute Gasteiger partial charge is 0.369 e. The van der Waals surface area contributed by atoms with E-state index in [-0.39, 0.29) is 11.2 Å². The molecule has 0 aromatic carbocycles. The van der Waals surface area contributed by atoms with Gasteiger partial charge in [0.25, 0.3) is 0 Å². The molecule has 3 rings (SSSR count). The summed E-state index contributed by atoms with van der Waals surface area (Å²) in [4.78, 5) is 26.7. The quantitative estimate of drug-likeness (QED) is 0.653. The molecule has 0 fully saturated rings. The first-order valence-electron chi connectivity index (χ1n) is 6.34. The lowest BCUT2D eigenvalue weighted by Crippen LogP contribution is -2.22. The van der Waals surface area contributed by atoms with Gasteiger partial charge in [-0.15, -0.1) is 11.3 Å². The minimum Gasteiger partial charge on any atom is -0.369 e. The number of amides is 1. The van der Waals surface area contributed by atoms with Gasteiger partial charge in [-0.2, -0.15) is 4.98 Å². The summed E-state index contributed by atoms with van der Waals surface area (Å²) in [6.45, 7) is 1.75. The van der Waals surface area contributed by atoms with Gasteiger partial charge in [-0.3, -0.25) is 4.79 Å². The van der Waals surface area contributed by atoms with Crippen LogP contribution in [0, 0.1) is 0 Å². The van der Waals surface area contributed by atoms with Gasteiger partial charge in [-0.25, -0.2) is 9.97 Å². The van der Waals surface area contributed by atoms with Gasteiger partial charge < -0.3 is 15.2 Å². The molecular formula is C12H12N6O2S2. The van der Waals surface area contributed by atoms with Gasteiger partial charge in [0.05, 0.1) is 17.4 Å². The van der Waals surface area contributed by atoms with Crippen molar-refractivity contribution in [1.82, 2.24) is 25.1 Å². The summed E-state index contributed by atoms with van der Waals surface area (Å²) >= 11 is 2.79. The molecule has 0 aliphatic rings. The summed E-state index contributed by atoms with van der Waals surface area (Å²) in [5.41, 5.74) is 6.04. The van der Waals surface area contributed by atoms with Crippen LogP contribution in [-0.2, 0) is 11.2 Å². The Hall–Kier alpha value is -2.20. The van der Waals surface area contributed by atoms with Crippen LogP contribution in [0.2, 0.25) is 0 Å². The minimum absolute atomic E-state index is 0.312. The van der Waals surface area contributed by atoms with Crippen molar-refractivity contribution >= 4 is 29.0 Å². The maximum atomic E-state index is 11.1. The number of H-pyrrole nitrogens is 1. The Labute approximate surface area is 133 Å². The first-order chi connectivity index (χ1) is 10.6. The van der Waals surface area contributed by atoms with Crippen LogP contribution in [0.3, 0.4) is 0 Å². The van der Waals surface area contributed by atoms with Gasteiger partial charge in [0.2, 0.25) is 17.6 Å². The average molecular weight is 336 g/mol. The lowest BCUT2D eigenvalue weighted by Gasteiger charge is -2.02. The number of nitrogens with two attached hydrogens (primary N) is 1. The van der Waals surface area contributed by atoms with E-state index in [0.717, 1.165) is 10.0 Å². The number of hydrogen-bond donors (Lipinski definition) is 2. The molecule has 114 valence electrons. The van der Waals surface area contributed by atoms with Crippen molar-refractivity contribution < 1.29 is 9.32 Å². The Kier molecular flexibility index (Phi) is 4.20. The smallest absolute Gasteiger partial charge is 0.238 e. The van der Waals surface area contributed by atoms with E-state index >= 15 is 0 Å². The minimum atomic E-state index is -0.359. The third-order valence-corrected chi connectivity index (χ3v) is 4.86. The third kappa shape index (κ3) is 3.34. The highest BCUT2D eigenvalue weighted by atomic mass is 32.2. The number of aromatic amines is 1. The van der Waals surface area contributed by atoms with E-state index in [1.807, 2.05) is 5.38 Å². The van der Waals surface area contributed by atoms with E-state index in [2.05, 4.69) is 25.1 Å². The zero-order chi connectivity index (χ0) is 15.5. The molecule has 0 spiro atoms. The molecule has 0 radical (unpaired) electrons. The Morgan fingerprint density at radius 2 is 2.41 bits per heavy atom. The van der Waals surface area contributed by atoms with E-state index in [4.69, 9.17) is 10.3 Å². The standard InChI is InChI=1S/C12H12N6O2S2/c1-6(9(13)19)22-12-16-7(5-21-12)4-8-17-11(18-20-8)10-14-2-3-15-10/h2-3,5-6H,4H2,1H3,(H2,13,19)(H,14,15). The summed E-state index contributed by atoms with van der Waals surface area (Å²) in [6.07, 6.45) is 3.74. The molecule has 0 aliphatic carbocycles. The van der Waals surface area contributed by atoms with Crippen molar-refractivity contribution in [3.63, 3.8) is 0 Å². The second kappa shape index (κ2) is 6.28. The molecule has 0 saturated carbocycles. The van der Waals surface area contributed by atoms with Crippen molar-refractivity contribution in [2.45, 2.75) is 22.9 Å². The fourth-order valence-electron chi connectivity index (χ4n) is 1.60. The molecule has 1 amide bonds. The number of imidazole rings is 1. The third-order valence-electron chi connectivity index (χ3n) is 2.72. The molecule has 22 heavy (non-hydrogen) atoms. The van der Waals surface area contributed by atoms with E-state index in [1.165, 1.54) is 23.1 Å². The van der Waals surface area contributed by atoms with Gasteiger partial charge in [0.15, 0.2) is 10.2 Å². The van der Waals surface area contributed by atoms with E-state index in [0.29, 0.717) is 24.0 Å². The van der Waals surface area contributed by atoms with Crippen molar-refractivity contribution in [3.8, 4) is 11.6 Å². The molecule has 1 unspecified atom stereocenters. The zero-order valence-electron chi connectivity index (χ0n) is 11.5. The highest BCUT2D eigenvalue weighted by molar-refractivity contribution is 8.02. The number of rotatable bonds is 6. The number of carbonyl (C=O) groups is 1. The van der Waals surface area contributed by atoms with Gasteiger partial charge in [-0.05, 0) is 6.92 Å². The molecule has 0 bridgehead atoms. The van der Waals surface area contributed by atoms with Crippen LogP contribution in [0.5, 0.6) is 0 Å². The highest BCUT2D eigenvalue weighted by Crippen LogP contribution is 2.27. The fourth-order valence-corrected chi connectivity index (χ4v) is 3.53. The Morgan fingerprint density at radius 1 is 1.55 bits per heavy atom. The summed E-state index contributed by atoms with van der Waals surface area (Å²) in [5.74, 6) is 1.06. The maximum absolute atomic E-state index is 11.1. The van der Waals surface area contributed by atoms with Crippen molar-refractivity contribution in [2.75, 3.05) is 0 Å². The first-order valence-corrected chi connectivity index (χ1v) is 8.10. The summed E-state index contributed by atoms with van der Waals surface area (Å²) in [7, 11) is 0. The van der Waals surface area contributed by atoms with E-state index in [9.17, 15) is 4.79 Å². The van der Waals surface area contributed by atoms with Gasteiger partial charge in [0, 0.05) is 17.8 Å². The number of nitrogens with one attached hydrogen (secondary N) is 1. The molecule has 3 aromatic rings. The Balaban J connectivity index is 1.66. The first kappa shape index (κ1) is 14.7. The molecule has 1 atom stereocenters. The van der Waals surface area contributed by atoms with Crippen LogP contribution in [0.15, 0.2) is 26.6 Å². The van der Waals surface area contributed by atoms with Gasteiger partial charge in [-0.1, -0.05) is 16.9 Å². The number of thiazole rings is 1. The Morgan fingerprint density at radius 3 is 3.14 bits per heavy atom. The molecule has 0 aliphatic heterocycles. The van der Waals surface area contributed by atoms with Gasteiger partial charge in [0.1, 0.15) is 0 Å². The Bertz CT molecular complexity index is 766. The lowest BCUT2D eigenvalue weighted by molar-refractivity contribution is -0.117. The van der Waals surface area contributed by atoms with Gasteiger partial charge >= 0.3 is 0 Å². The van der Waals surface area contributed by atoms with Crippen molar-refractivity contribution in [3.05, 3.63) is 29.4 Å². The highest BCUT2D eigenvalue weighted by Gasteiger charge is 2.15. The zero-order valence-corrected chi connectivity index (χ0v) is 13.1. The number of hydrogen-bond acceptors (Lipinski definition) is 8. The summed E-state index contributed by atoms with van der Waals surface area (Å²) in [5, 5.41) is 5.45. The summed E-state index contributed by atoms with van der Waals surface area (Å²) < 4.78 is 5.97. The molecule has 0 saturated heterocycles. The molecule has 10 heteroatoms. The second-order valence-electron chi connectivity index (χ2n) is 4.39. The van der Waals surface area contributed by atoms with Crippen LogP contribution in [0.25, 0.3) is 11.6 Å². The van der Waals surface area contributed by atoms with Crippen LogP contribution >= 0.6 is 23.1 Å². The van der Waals surface area contributed by atoms with Crippen molar-refractivity contribution in [2.24, 2.45) is 5.73 Å². The fraction of sp³-hybridized carbons (Fsp3) is 0.250. The number of aromatic nitrogens is 5. The predicted molar refractivity (Wildman–Crippen MR) is 81.3 cm³/mol. The number of carbonyl (C=O) groups excluding carboxylic acids is 1. The second-order valence-corrected chi connectivity index (χ2v) is 6.84. The molecule has 3 aromatic heterocycles. The topological polar surface area (TPSA) is 124 Å². The van der Waals surface area contributed by atoms with Crippen LogP contribution in [0.4, 0.5) is 0 Å². The predicted octanol–water partition coefficient (Wildman–Crippen LogP) is 1.47. The molecule has 8 nitrogen and oxygen atoms in total.